The highest BCUT2D eigenvalue weighted by atomic mass is 19.4. The minimum Gasteiger partial charge on any atom is -0.302 e. The zero-order valence-corrected chi connectivity index (χ0v) is 10.2. The fourth-order valence-electron chi connectivity index (χ4n) is 1.68. The molecule has 0 N–H and O–H groups in total. The summed E-state index contributed by atoms with van der Waals surface area (Å²) in [6, 6.07) is 9.13. The van der Waals surface area contributed by atoms with Crippen LogP contribution >= 0.6 is 0 Å². The first-order valence-corrected chi connectivity index (χ1v) is 5.65. The van der Waals surface area contributed by atoms with E-state index in [2.05, 4.69) is 0 Å². The Bertz CT molecular complexity index is 421. The van der Waals surface area contributed by atoms with Crippen LogP contribution in [0, 0.1) is 11.3 Å². The Morgan fingerprint density at radius 1 is 1.33 bits per heavy atom. The summed E-state index contributed by atoms with van der Waals surface area (Å²) in [5.74, 6) is 0. The zero-order chi connectivity index (χ0) is 13.6. The molecule has 98 valence electrons. The van der Waals surface area contributed by atoms with Gasteiger partial charge in [-0.2, -0.15) is 18.4 Å². The van der Waals surface area contributed by atoms with Crippen molar-refractivity contribution in [2.45, 2.75) is 25.6 Å². The molecule has 2 nitrogen and oxygen atoms in total. The molecule has 0 aliphatic carbocycles. The first-order chi connectivity index (χ1) is 8.40. The van der Waals surface area contributed by atoms with E-state index in [1.165, 1.54) is 0 Å². The smallest absolute Gasteiger partial charge is 0.302 e. The summed E-state index contributed by atoms with van der Waals surface area (Å²) in [5.41, 5.74) is 1.50. The Morgan fingerprint density at radius 2 is 2.06 bits per heavy atom. The van der Waals surface area contributed by atoms with Crippen molar-refractivity contribution in [1.29, 1.82) is 5.26 Å². The molecule has 0 aliphatic heterocycles. The topological polar surface area (TPSA) is 27.0 Å². The molecule has 0 fully saturated rings. The maximum atomic E-state index is 12.0. The van der Waals surface area contributed by atoms with Crippen molar-refractivity contribution in [3.63, 3.8) is 0 Å². The van der Waals surface area contributed by atoms with Gasteiger partial charge in [0.2, 0.25) is 0 Å². The molecule has 18 heavy (non-hydrogen) atoms. The molecule has 0 spiro atoms. The molecule has 0 aromatic heterocycles. The van der Waals surface area contributed by atoms with E-state index in [9.17, 15) is 13.2 Å². The second-order valence-electron chi connectivity index (χ2n) is 4.27. The van der Waals surface area contributed by atoms with E-state index >= 15 is 0 Å². The molecular formula is C13H15F3N2. The molecule has 5 heteroatoms. The summed E-state index contributed by atoms with van der Waals surface area (Å²) in [7, 11) is 1.77. The Balaban J connectivity index is 2.40. The van der Waals surface area contributed by atoms with E-state index in [0.29, 0.717) is 18.7 Å². The van der Waals surface area contributed by atoms with E-state index in [1.807, 2.05) is 17.0 Å². The number of nitriles is 1. The van der Waals surface area contributed by atoms with Gasteiger partial charge in [0.05, 0.1) is 11.6 Å². The van der Waals surface area contributed by atoms with Crippen molar-refractivity contribution in [2.24, 2.45) is 0 Å². The van der Waals surface area contributed by atoms with Crippen LogP contribution in [0.2, 0.25) is 0 Å². The lowest BCUT2D eigenvalue weighted by Crippen LogP contribution is -2.21. The average molecular weight is 256 g/mol. The molecule has 0 saturated carbocycles. The highest BCUT2D eigenvalue weighted by Gasteiger charge is 2.26. The lowest BCUT2D eigenvalue weighted by atomic mass is 10.1. The quantitative estimate of drug-likeness (QED) is 0.808. The van der Waals surface area contributed by atoms with Gasteiger partial charge in [-0.25, -0.2) is 0 Å². The minimum atomic E-state index is -4.08. The molecule has 0 atom stereocenters. The van der Waals surface area contributed by atoms with Gasteiger partial charge in [0.15, 0.2) is 0 Å². The Labute approximate surface area is 105 Å². The van der Waals surface area contributed by atoms with Crippen LogP contribution < -0.4 is 0 Å². The van der Waals surface area contributed by atoms with E-state index in [-0.39, 0.29) is 6.42 Å². The van der Waals surface area contributed by atoms with Crippen LogP contribution in [-0.4, -0.2) is 24.7 Å². The van der Waals surface area contributed by atoms with Crippen molar-refractivity contribution in [2.75, 3.05) is 13.6 Å². The van der Waals surface area contributed by atoms with Gasteiger partial charge in [0.25, 0.3) is 0 Å². The second-order valence-corrected chi connectivity index (χ2v) is 4.27. The normalized spacial score (nSPS) is 11.6. The summed E-state index contributed by atoms with van der Waals surface area (Å²) in [5, 5.41) is 8.74. The number of benzene rings is 1. The van der Waals surface area contributed by atoms with E-state index < -0.39 is 12.6 Å². The van der Waals surface area contributed by atoms with Crippen molar-refractivity contribution >= 4 is 0 Å². The maximum absolute atomic E-state index is 12.0. The third-order valence-electron chi connectivity index (χ3n) is 2.51. The van der Waals surface area contributed by atoms with Gasteiger partial charge in [0.1, 0.15) is 0 Å². The van der Waals surface area contributed by atoms with E-state index in [0.717, 1.165) is 5.56 Å². The molecular weight excluding hydrogens is 241 g/mol. The van der Waals surface area contributed by atoms with E-state index in [1.54, 1.807) is 25.2 Å². The van der Waals surface area contributed by atoms with Crippen molar-refractivity contribution in [3.8, 4) is 6.07 Å². The van der Waals surface area contributed by atoms with Gasteiger partial charge in [-0.05, 0) is 37.7 Å². The molecule has 0 amide bonds. The third-order valence-corrected chi connectivity index (χ3v) is 2.51. The number of rotatable bonds is 5. The van der Waals surface area contributed by atoms with Gasteiger partial charge in [-0.3, -0.25) is 0 Å². The van der Waals surface area contributed by atoms with Crippen LogP contribution in [0.25, 0.3) is 0 Å². The zero-order valence-electron chi connectivity index (χ0n) is 10.2. The molecule has 0 bridgehead atoms. The molecule has 0 aliphatic rings. The van der Waals surface area contributed by atoms with Crippen LogP contribution in [0.4, 0.5) is 13.2 Å². The van der Waals surface area contributed by atoms with Crippen molar-refractivity contribution < 1.29 is 13.2 Å². The molecule has 1 aromatic rings. The predicted octanol–water partition coefficient (Wildman–Crippen LogP) is 3.33. The third kappa shape index (κ3) is 5.69. The summed E-state index contributed by atoms with van der Waals surface area (Å²) >= 11 is 0. The number of hydrogen-bond donors (Lipinski definition) is 0. The average Bonchev–Trinajstić information content (AvgIpc) is 2.27. The Morgan fingerprint density at radius 3 is 2.67 bits per heavy atom. The molecule has 0 saturated heterocycles. The fourth-order valence-corrected chi connectivity index (χ4v) is 1.68. The first kappa shape index (κ1) is 14.5. The SMILES string of the molecule is CN(CCCC(F)(F)F)Cc1cccc(C#N)c1. The molecule has 0 radical (unpaired) electrons. The largest absolute Gasteiger partial charge is 0.389 e. The van der Waals surface area contributed by atoms with Crippen molar-refractivity contribution in [1.82, 2.24) is 4.90 Å². The highest BCUT2D eigenvalue weighted by Crippen LogP contribution is 2.21. The lowest BCUT2D eigenvalue weighted by Gasteiger charge is -2.17. The van der Waals surface area contributed by atoms with Crippen LogP contribution in [0.5, 0.6) is 0 Å². The Kier molecular flexibility index (Phi) is 5.17. The Hall–Kier alpha value is -1.54. The lowest BCUT2D eigenvalue weighted by molar-refractivity contribution is -0.136. The van der Waals surface area contributed by atoms with Crippen LogP contribution in [0.15, 0.2) is 24.3 Å². The molecule has 1 rings (SSSR count). The fraction of sp³-hybridized carbons (Fsp3) is 0.462. The number of hydrogen-bond acceptors (Lipinski definition) is 2. The van der Waals surface area contributed by atoms with Crippen LogP contribution in [0.3, 0.4) is 0 Å². The highest BCUT2D eigenvalue weighted by molar-refractivity contribution is 5.32. The second kappa shape index (κ2) is 6.41. The van der Waals surface area contributed by atoms with Crippen LogP contribution in [-0.2, 0) is 6.54 Å². The summed E-state index contributed by atoms with van der Waals surface area (Å²) in [4.78, 5) is 1.82. The van der Waals surface area contributed by atoms with Gasteiger partial charge < -0.3 is 4.90 Å². The molecule has 0 heterocycles. The van der Waals surface area contributed by atoms with Gasteiger partial charge in [-0.1, -0.05) is 12.1 Å². The number of alkyl halides is 3. The van der Waals surface area contributed by atoms with Gasteiger partial charge in [-0.15, -0.1) is 0 Å². The maximum Gasteiger partial charge on any atom is 0.389 e. The van der Waals surface area contributed by atoms with Gasteiger partial charge >= 0.3 is 6.18 Å². The molecule has 1 aromatic carbocycles. The van der Waals surface area contributed by atoms with E-state index in [4.69, 9.17) is 5.26 Å². The summed E-state index contributed by atoms with van der Waals surface area (Å²) in [6.07, 6.45) is -4.74. The molecule has 0 unspecified atom stereocenters. The minimum absolute atomic E-state index is 0.0952. The van der Waals surface area contributed by atoms with Crippen LogP contribution in [0.1, 0.15) is 24.0 Å². The predicted molar refractivity (Wildman–Crippen MR) is 62.8 cm³/mol. The van der Waals surface area contributed by atoms with Crippen molar-refractivity contribution in [3.05, 3.63) is 35.4 Å². The summed E-state index contributed by atoms with van der Waals surface area (Å²) in [6.45, 7) is 0.934. The first-order valence-electron chi connectivity index (χ1n) is 5.65. The van der Waals surface area contributed by atoms with Gasteiger partial charge in [0, 0.05) is 13.0 Å². The summed E-state index contributed by atoms with van der Waals surface area (Å²) < 4.78 is 35.9. The standard InChI is InChI=1S/C13H15F3N2/c1-18(7-3-6-13(14,15)16)10-12-5-2-4-11(8-12)9-17/h2,4-5,8H,3,6-7,10H2,1H3. The number of halogens is 3. The monoisotopic (exact) mass is 256 g/mol. The number of nitrogens with zero attached hydrogens (tertiary/aromatic N) is 2.